The van der Waals surface area contributed by atoms with E-state index >= 15 is 0 Å². The van der Waals surface area contributed by atoms with E-state index in [1.807, 2.05) is 36.4 Å². The Morgan fingerprint density at radius 2 is 1.84 bits per heavy atom. The second-order valence-corrected chi connectivity index (χ2v) is 4.14. The molecular formula is C15H12N2O2. The summed E-state index contributed by atoms with van der Waals surface area (Å²) in [5.41, 5.74) is 0.721. The topological polar surface area (TPSA) is 55.0 Å². The van der Waals surface area contributed by atoms with E-state index in [-0.39, 0.29) is 5.56 Å². The van der Waals surface area contributed by atoms with E-state index in [2.05, 4.69) is 9.97 Å². The molecule has 0 saturated carbocycles. The lowest BCUT2D eigenvalue weighted by Gasteiger charge is -2.09. The van der Waals surface area contributed by atoms with Gasteiger partial charge in [0.2, 0.25) is 0 Å². The summed E-state index contributed by atoms with van der Waals surface area (Å²) in [5.74, 6) is 1.36. The molecule has 0 fully saturated rings. The molecule has 1 heterocycles. The van der Waals surface area contributed by atoms with Crippen LogP contribution in [0.3, 0.4) is 0 Å². The molecule has 0 aliphatic rings. The summed E-state index contributed by atoms with van der Waals surface area (Å²) >= 11 is 0. The van der Waals surface area contributed by atoms with Gasteiger partial charge in [0.05, 0.1) is 7.11 Å². The molecule has 3 rings (SSSR count). The van der Waals surface area contributed by atoms with Gasteiger partial charge in [-0.2, -0.15) is 0 Å². The van der Waals surface area contributed by atoms with Crippen LogP contribution in [0, 0.1) is 0 Å². The number of benzene rings is 2. The molecule has 0 unspecified atom stereocenters. The van der Waals surface area contributed by atoms with Gasteiger partial charge < -0.3 is 9.72 Å². The van der Waals surface area contributed by atoms with Gasteiger partial charge in [0.15, 0.2) is 0 Å². The maximum Gasteiger partial charge on any atom is 0.251 e. The van der Waals surface area contributed by atoms with Crippen molar-refractivity contribution in [3.8, 4) is 17.1 Å². The van der Waals surface area contributed by atoms with Crippen molar-refractivity contribution in [3.05, 3.63) is 59.0 Å². The first-order valence-electron chi connectivity index (χ1n) is 5.91. The second-order valence-electron chi connectivity index (χ2n) is 4.14. The maximum atomic E-state index is 11.4. The molecule has 0 amide bonds. The first-order valence-corrected chi connectivity index (χ1v) is 5.91. The van der Waals surface area contributed by atoms with E-state index in [0.717, 1.165) is 22.1 Å². The number of fused-ring (bicyclic) bond motifs is 1. The Kier molecular flexibility index (Phi) is 2.76. The summed E-state index contributed by atoms with van der Waals surface area (Å²) in [6.07, 6.45) is 1.51. The molecule has 2 aromatic carbocycles. The number of hydrogen-bond acceptors (Lipinski definition) is 3. The van der Waals surface area contributed by atoms with Crippen LogP contribution in [0.1, 0.15) is 0 Å². The third-order valence-electron chi connectivity index (χ3n) is 3.03. The molecule has 0 spiro atoms. The Balaban J connectivity index is 2.34. The summed E-state index contributed by atoms with van der Waals surface area (Å²) in [6, 6.07) is 13.1. The minimum absolute atomic E-state index is 0.162. The third-order valence-corrected chi connectivity index (χ3v) is 3.03. The number of rotatable bonds is 2. The first kappa shape index (κ1) is 11.5. The Morgan fingerprint density at radius 3 is 2.58 bits per heavy atom. The van der Waals surface area contributed by atoms with Crippen LogP contribution in [0.25, 0.3) is 22.2 Å². The standard InChI is InChI=1S/C15H12N2O2/c1-19-13-7-6-12(10-4-2-3-5-11(10)13)15-16-9-8-14(18)17-15/h2-9H,1H3,(H,16,17,18). The van der Waals surface area contributed by atoms with Crippen LogP contribution in [-0.2, 0) is 0 Å². The van der Waals surface area contributed by atoms with Gasteiger partial charge >= 0.3 is 0 Å². The van der Waals surface area contributed by atoms with Crippen molar-refractivity contribution < 1.29 is 4.74 Å². The van der Waals surface area contributed by atoms with Crippen LogP contribution in [0.2, 0.25) is 0 Å². The minimum atomic E-state index is -0.162. The zero-order valence-electron chi connectivity index (χ0n) is 10.4. The predicted octanol–water partition coefficient (Wildman–Crippen LogP) is 2.60. The maximum absolute atomic E-state index is 11.4. The highest BCUT2D eigenvalue weighted by atomic mass is 16.5. The average Bonchev–Trinajstić information content (AvgIpc) is 2.46. The second kappa shape index (κ2) is 4.57. The van der Waals surface area contributed by atoms with Crippen LogP contribution in [0.15, 0.2) is 53.5 Å². The fourth-order valence-corrected chi connectivity index (χ4v) is 2.16. The summed E-state index contributed by atoms with van der Waals surface area (Å²) in [7, 11) is 1.64. The van der Waals surface area contributed by atoms with Gasteiger partial charge in [-0.25, -0.2) is 4.98 Å². The van der Waals surface area contributed by atoms with Crippen molar-refractivity contribution in [1.29, 1.82) is 0 Å². The Labute approximate surface area is 109 Å². The van der Waals surface area contributed by atoms with Gasteiger partial charge in [-0.1, -0.05) is 24.3 Å². The van der Waals surface area contributed by atoms with Gasteiger partial charge in [-0.15, -0.1) is 0 Å². The van der Waals surface area contributed by atoms with Crippen LogP contribution in [0.4, 0.5) is 0 Å². The molecule has 0 atom stereocenters. The molecule has 4 heteroatoms. The van der Waals surface area contributed by atoms with Gasteiger partial charge in [0.1, 0.15) is 11.6 Å². The largest absolute Gasteiger partial charge is 0.496 e. The molecule has 3 aromatic rings. The quantitative estimate of drug-likeness (QED) is 0.762. The molecule has 19 heavy (non-hydrogen) atoms. The average molecular weight is 252 g/mol. The van der Waals surface area contributed by atoms with Crippen LogP contribution in [0.5, 0.6) is 5.75 Å². The summed E-state index contributed by atoms with van der Waals surface area (Å²) in [5, 5.41) is 1.99. The Morgan fingerprint density at radius 1 is 1.05 bits per heavy atom. The van der Waals surface area contributed by atoms with E-state index in [1.165, 1.54) is 12.3 Å². The zero-order valence-corrected chi connectivity index (χ0v) is 10.4. The Hall–Kier alpha value is -2.62. The molecule has 94 valence electrons. The van der Waals surface area contributed by atoms with E-state index < -0.39 is 0 Å². The number of hydrogen-bond donors (Lipinski definition) is 1. The van der Waals surface area contributed by atoms with Gasteiger partial charge in [0, 0.05) is 23.2 Å². The van der Waals surface area contributed by atoms with Crippen LogP contribution in [-0.4, -0.2) is 17.1 Å². The number of ether oxygens (including phenoxy) is 1. The smallest absolute Gasteiger partial charge is 0.251 e. The predicted molar refractivity (Wildman–Crippen MR) is 74.4 cm³/mol. The highest BCUT2D eigenvalue weighted by Crippen LogP contribution is 2.32. The number of aromatic nitrogens is 2. The molecule has 0 aliphatic heterocycles. The van der Waals surface area contributed by atoms with Crippen LogP contribution < -0.4 is 10.3 Å². The van der Waals surface area contributed by atoms with Crippen molar-refractivity contribution >= 4 is 10.8 Å². The lowest BCUT2D eigenvalue weighted by atomic mass is 10.0. The minimum Gasteiger partial charge on any atom is -0.496 e. The van der Waals surface area contributed by atoms with Crippen molar-refractivity contribution in [2.75, 3.05) is 7.11 Å². The normalized spacial score (nSPS) is 10.6. The SMILES string of the molecule is COc1ccc(-c2nccc(=O)[nH]2)c2ccccc12. The molecule has 0 bridgehead atoms. The summed E-state index contributed by atoms with van der Waals surface area (Å²) < 4.78 is 5.35. The van der Waals surface area contributed by atoms with Crippen molar-refractivity contribution in [3.63, 3.8) is 0 Å². The van der Waals surface area contributed by atoms with E-state index in [0.29, 0.717) is 5.82 Å². The zero-order chi connectivity index (χ0) is 13.2. The molecule has 0 aliphatic carbocycles. The summed E-state index contributed by atoms with van der Waals surface area (Å²) in [6.45, 7) is 0. The molecule has 4 nitrogen and oxygen atoms in total. The highest BCUT2D eigenvalue weighted by Gasteiger charge is 2.09. The third kappa shape index (κ3) is 1.97. The van der Waals surface area contributed by atoms with Crippen molar-refractivity contribution in [2.24, 2.45) is 0 Å². The monoisotopic (exact) mass is 252 g/mol. The number of nitrogens with one attached hydrogen (secondary N) is 1. The van der Waals surface area contributed by atoms with Gasteiger partial charge in [-0.05, 0) is 17.5 Å². The van der Waals surface area contributed by atoms with E-state index in [1.54, 1.807) is 7.11 Å². The molecule has 1 N–H and O–H groups in total. The first-order chi connectivity index (χ1) is 9.29. The van der Waals surface area contributed by atoms with Crippen molar-refractivity contribution in [2.45, 2.75) is 0 Å². The van der Waals surface area contributed by atoms with Gasteiger partial charge in [0.25, 0.3) is 5.56 Å². The fraction of sp³-hybridized carbons (Fsp3) is 0.0667. The van der Waals surface area contributed by atoms with E-state index in [9.17, 15) is 4.79 Å². The van der Waals surface area contributed by atoms with Crippen molar-refractivity contribution in [1.82, 2.24) is 9.97 Å². The molecule has 0 saturated heterocycles. The Bertz CT molecular complexity index is 793. The van der Waals surface area contributed by atoms with Crippen LogP contribution >= 0.6 is 0 Å². The summed E-state index contributed by atoms with van der Waals surface area (Å²) in [4.78, 5) is 18.4. The lowest BCUT2D eigenvalue weighted by Crippen LogP contribution is -2.06. The number of nitrogens with zero attached hydrogens (tertiary/aromatic N) is 1. The molecular weight excluding hydrogens is 240 g/mol. The van der Waals surface area contributed by atoms with Gasteiger partial charge in [-0.3, -0.25) is 4.79 Å². The fourth-order valence-electron chi connectivity index (χ4n) is 2.16. The molecule has 0 radical (unpaired) electrons. The number of aromatic amines is 1. The molecule has 1 aromatic heterocycles. The number of methoxy groups -OCH3 is 1. The number of H-pyrrole nitrogens is 1. The van der Waals surface area contributed by atoms with E-state index in [4.69, 9.17) is 4.74 Å². The lowest BCUT2D eigenvalue weighted by molar-refractivity contribution is 0.420. The highest BCUT2D eigenvalue weighted by molar-refractivity contribution is 5.98.